The predicted molar refractivity (Wildman–Crippen MR) is 109 cm³/mol. The molecule has 0 atom stereocenters. The summed E-state index contributed by atoms with van der Waals surface area (Å²) in [4.78, 5) is 16.2. The highest BCUT2D eigenvalue weighted by molar-refractivity contribution is 7.89. The summed E-state index contributed by atoms with van der Waals surface area (Å²) in [5.41, 5.74) is 1.56. The molecule has 0 saturated heterocycles. The van der Waals surface area contributed by atoms with Gasteiger partial charge in [-0.05, 0) is 37.3 Å². The molecule has 0 bridgehead atoms. The van der Waals surface area contributed by atoms with Crippen LogP contribution in [0.4, 0.5) is 0 Å². The molecule has 0 amide bonds. The zero-order valence-corrected chi connectivity index (χ0v) is 17.5. The first-order chi connectivity index (χ1) is 13.7. The zero-order valence-electron chi connectivity index (χ0n) is 15.2. The predicted octanol–water partition coefficient (Wildman–Crippen LogP) is 4.07. The first kappa shape index (κ1) is 21.3. The van der Waals surface area contributed by atoms with E-state index >= 15 is 0 Å². The largest absolute Gasteiger partial charge is 0.466 e. The van der Waals surface area contributed by atoms with Crippen molar-refractivity contribution in [1.82, 2.24) is 4.98 Å². The first-order valence-corrected chi connectivity index (χ1v) is 10.7. The Balaban J connectivity index is 2.09. The van der Waals surface area contributed by atoms with E-state index in [0.717, 1.165) is 0 Å². The molecule has 3 aromatic rings. The first-order valence-electron chi connectivity index (χ1n) is 8.43. The molecule has 0 unspecified atom stereocenters. The van der Waals surface area contributed by atoms with Gasteiger partial charge in [0.25, 0.3) is 0 Å². The monoisotopic (exact) mass is 454 g/mol. The van der Waals surface area contributed by atoms with Gasteiger partial charge < -0.3 is 9.15 Å². The number of nitrogens with two attached hydrogens (primary N) is 1. The highest BCUT2D eigenvalue weighted by Gasteiger charge is 2.20. The second kappa shape index (κ2) is 8.54. The van der Waals surface area contributed by atoms with Gasteiger partial charge >= 0.3 is 5.97 Å². The molecule has 0 spiro atoms. The topological polar surface area (TPSA) is 112 Å². The number of nitrogens with zero attached hydrogens (tertiary/aromatic N) is 1. The van der Waals surface area contributed by atoms with Gasteiger partial charge in [0.05, 0.1) is 21.5 Å². The van der Waals surface area contributed by atoms with E-state index < -0.39 is 16.0 Å². The molecule has 2 N–H and O–H groups in total. The minimum absolute atomic E-state index is 0.0346. The number of esters is 1. The average Bonchev–Trinajstić information content (AvgIpc) is 3.07. The number of benzene rings is 2. The van der Waals surface area contributed by atoms with Crippen LogP contribution in [0, 0.1) is 0 Å². The SMILES string of the molecule is CCOC(=O)Cc1nc(-c2ccc(S(N)(=O)=O)cc2)c(-c2ccc(Cl)c(Cl)c2)o1. The molecule has 2 aromatic carbocycles. The van der Waals surface area contributed by atoms with Gasteiger partial charge in [-0.2, -0.15) is 0 Å². The maximum absolute atomic E-state index is 11.8. The Kier molecular flexibility index (Phi) is 6.28. The smallest absolute Gasteiger partial charge is 0.315 e. The maximum atomic E-state index is 11.8. The normalized spacial score (nSPS) is 11.4. The van der Waals surface area contributed by atoms with E-state index in [1.165, 1.54) is 12.1 Å². The van der Waals surface area contributed by atoms with Crippen LogP contribution in [0.5, 0.6) is 0 Å². The molecule has 0 aliphatic heterocycles. The highest BCUT2D eigenvalue weighted by atomic mass is 35.5. The van der Waals surface area contributed by atoms with Crippen molar-refractivity contribution in [3.05, 3.63) is 58.4 Å². The van der Waals surface area contributed by atoms with Crippen LogP contribution in [-0.4, -0.2) is 26.0 Å². The fourth-order valence-corrected chi connectivity index (χ4v) is 3.42. The van der Waals surface area contributed by atoms with E-state index in [2.05, 4.69) is 4.98 Å². The summed E-state index contributed by atoms with van der Waals surface area (Å²) in [5.74, 6) is 0.0202. The molecule has 0 aliphatic carbocycles. The molecule has 0 radical (unpaired) electrons. The number of rotatable bonds is 6. The van der Waals surface area contributed by atoms with Crippen molar-refractivity contribution >= 4 is 39.2 Å². The quantitative estimate of drug-likeness (QED) is 0.561. The van der Waals surface area contributed by atoms with Crippen molar-refractivity contribution in [1.29, 1.82) is 0 Å². The lowest BCUT2D eigenvalue weighted by Crippen LogP contribution is -2.11. The van der Waals surface area contributed by atoms with Crippen molar-refractivity contribution in [2.24, 2.45) is 5.14 Å². The minimum atomic E-state index is -3.83. The lowest BCUT2D eigenvalue weighted by Gasteiger charge is -2.04. The number of halogens is 2. The average molecular weight is 455 g/mol. The van der Waals surface area contributed by atoms with Crippen LogP contribution < -0.4 is 5.14 Å². The third-order valence-corrected chi connectivity index (χ3v) is 5.58. The zero-order chi connectivity index (χ0) is 21.2. The van der Waals surface area contributed by atoms with E-state index in [-0.39, 0.29) is 23.8 Å². The molecular formula is C19H16Cl2N2O5S. The third kappa shape index (κ3) is 4.97. The summed E-state index contributed by atoms with van der Waals surface area (Å²) >= 11 is 12.1. The van der Waals surface area contributed by atoms with Crippen molar-refractivity contribution in [3.63, 3.8) is 0 Å². The van der Waals surface area contributed by atoms with Crippen molar-refractivity contribution in [3.8, 4) is 22.6 Å². The fraction of sp³-hybridized carbons (Fsp3) is 0.158. The Morgan fingerprint density at radius 2 is 1.76 bits per heavy atom. The summed E-state index contributed by atoms with van der Waals surface area (Å²) in [5, 5.41) is 5.84. The van der Waals surface area contributed by atoms with Gasteiger partial charge in [0.2, 0.25) is 15.9 Å². The number of carbonyl (C=O) groups is 1. The number of carbonyl (C=O) groups excluding carboxylic acids is 1. The van der Waals surface area contributed by atoms with Crippen LogP contribution in [0.15, 0.2) is 51.8 Å². The number of primary sulfonamides is 1. The fourth-order valence-electron chi connectivity index (χ4n) is 2.61. The van der Waals surface area contributed by atoms with Gasteiger partial charge in [0.15, 0.2) is 5.76 Å². The Hall–Kier alpha value is -2.39. The molecule has 3 rings (SSSR count). The number of aromatic nitrogens is 1. The maximum Gasteiger partial charge on any atom is 0.315 e. The lowest BCUT2D eigenvalue weighted by atomic mass is 10.1. The van der Waals surface area contributed by atoms with E-state index in [0.29, 0.717) is 32.6 Å². The molecular weight excluding hydrogens is 439 g/mol. The Morgan fingerprint density at radius 3 is 2.34 bits per heavy atom. The standard InChI is InChI=1S/C19H16Cl2N2O5S/c1-2-27-17(24)10-16-23-18(11-3-6-13(7-4-11)29(22,25)26)19(28-16)12-5-8-14(20)15(21)9-12/h3-9H,2,10H2,1H3,(H2,22,25,26). The number of hydrogen-bond acceptors (Lipinski definition) is 6. The lowest BCUT2D eigenvalue weighted by molar-refractivity contribution is -0.142. The van der Waals surface area contributed by atoms with Gasteiger partial charge in [-0.15, -0.1) is 0 Å². The van der Waals surface area contributed by atoms with Gasteiger partial charge in [-0.1, -0.05) is 35.3 Å². The van der Waals surface area contributed by atoms with Crippen LogP contribution in [-0.2, 0) is 26.0 Å². The Bertz CT molecular complexity index is 1160. The second-order valence-electron chi connectivity index (χ2n) is 5.97. The number of sulfonamides is 1. The van der Waals surface area contributed by atoms with Gasteiger partial charge in [0.1, 0.15) is 12.1 Å². The number of hydrogen-bond donors (Lipinski definition) is 1. The number of oxazole rings is 1. The Labute approximate surface area is 177 Å². The summed E-state index contributed by atoms with van der Waals surface area (Å²) in [6, 6.07) is 10.7. The molecule has 0 aliphatic rings. The van der Waals surface area contributed by atoms with E-state index in [1.54, 1.807) is 37.3 Å². The summed E-state index contributed by atoms with van der Waals surface area (Å²) in [7, 11) is -3.83. The van der Waals surface area contributed by atoms with Crippen molar-refractivity contribution in [2.45, 2.75) is 18.2 Å². The van der Waals surface area contributed by atoms with E-state index in [1.807, 2.05) is 0 Å². The van der Waals surface area contributed by atoms with Crippen LogP contribution in [0.3, 0.4) is 0 Å². The molecule has 152 valence electrons. The molecule has 1 aromatic heterocycles. The van der Waals surface area contributed by atoms with Crippen LogP contribution in [0.25, 0.3) is 22.6 Å². The van der Waals surface area contributed by atoms with Crippen molar-refractivity contribution in [2.75, 3.05) is 6.61 Å². The molecule has 0 fully saturated rings. The van der Waals surface area contributed by atoms with Gasteiger partial charge in [0, 0.05) is 11.1 Å². The minimum Gasteiger partial charge on any atom is -0.466 e. The molecule has 10 heteroatoms. The van der Waals surface area contributed by atoms with Crippen LogP contribution in [0.1, 0.15) is 12.8 Å². The molecule has 1 heterocycles. The van der Waals surface area contributed by atoms with E-state index in [9.17, 15) is 13.2 Å². The molecule has 29 heavy (non-hydrogen) atoms. The Morgan fingerprint density at radius 1 is 1.10 bits per heavy atom. The molecule has 7 nitrogen and oxygen atoms in total. The van der Waals surface area contributed by atoms with Crippen LogP contribution in [0.2, 0.25) is 10.0 Å². The summed E-state index contributed by atoms with van der Waals surface area (Å²) in [6.07, 6.45) is -0.155. The van der Waals surface area contributed by atoms with Crippen molar-refractivity contribution < 1.29 is 22.4 Å². The summed E-state index contributed by atoms with van der Waals surface area (Å²) < 4.78 is 33.7. The number of ether oxygens (including phenoxy) is 1. The van der Waals surface area contributed by atoms with Gasteiger partial charge in [-0.25, -0.2) is 18.5 Å². The van der Waals surface area contributed by atoms with E-state index in [4.69, 9.17) is 37.5 Å². The molecule has 0 saturated carbocycles. The highest BCUT2D eigenvalue weighted by Crippen LogP contribution is 2.36. The van der Waals surface area contributed by atoms with Crippen LogP contribution >= 0.6 is 23.2 Å². The third-order valence-electron chi connectivity index (χ3n) is 3.91. The summed E-state index contributed by atoms with van der Waals surface area (Å²) in [6.45, 7) is 1.94. The second-order valence-corrected chi connectivity index (χ2v) is 8.34. The van der Waals surface area contributed by atoms with Gasteiger partial charge in [-0.3, -0.25) is 4.79 Å².